The number of benzene rings is 1. The van der Waals surface area contributed by atoms with Crippen LogP contribution < -0.4 is 5.73 Å². The monoisotopic (exact) mass is 323 g/mol. The Hall–Kier alpha value is -1.17. The van der Waals surface area contributed by atoms with Gasteiger partial charge in [0.2, 0.25) is 5.91 Å². The smallest absolute Gasteiger partial charge is 0.239 e. The molecule has 1 aromatic carbocycles. The molecule has 2 heterocycles. The maximum absolute atomic E-state index is 11.9. The highest BCUT2D eigenvalue weighted by atomic mass is 35.5. The summed E-state index contributed by atoms with van der Waals surface area (Å²) in [6.07, 6.45) is 1.90. The van der Waals surface area contributed by atoms with Gasteiger partial charge in [0.25, 0.3) is 0 Å². The molecule has 0 aliphatic carbocycles. The molecule has 4 nitrogen and oxygen atoms in total. The van der Waals surface area contributed by atoms with Crippen LogP contribution in [0.25, 0.3) is 10.2 Å². The average Bonchev–Trinajstić information content (AvgIpc) is 2.89. The lowest BCUT2D eigenvalue weighted by molar-refractivity contribution is -0.133. The van der Waals surface area contributed by atoms with Crippen LogP contribution in [0.5, 0.6) is 0 Å². The van der Waals surface area contributed by atoms with E-state index in [0.717, 1.165) is 41.5 Å². The van der Waals surface area contributed by atoms with Crippen molar-refractivity contribution in [2.75, 3.05) is 13.1 Å². The Balaban J connectivity index is 1.72. The van der Waals surface area contributed by atoms with Gasteiger partial charge in [-0.2, -0.15) is 0 Å². The summed E-state index contributed by atoms with van der Waals surface area (Å²) in [7, 11) is 0. The van der Waals surface area contributed by atoms with Crippen LogP contribution in [0.2, 0.25) is 5.02 Å². The molecule has 0 bridgehead atoms. The standard InChI is InChI=1S/C15H18ClN3OS/c1-9(17)15(20)19-6-4-10(5-7-19)14-18-12-8-11(16)2-3-13(12)21-14/h2-3,8-10H,4-7,17H2,1H3/t9-/m1/s1. The van der Waals surface area contributed by atoms with Gasteiger partial charge in [-0.3, -0.25) is 4.79 Å². The zero-order chi connectivity index (χ0) is 15.0. The largest absolute Gasteiger partial charge is 0.341 e. The minimum Gasteiger partial charge on any atom is -0.341 e. The van der Waals surface area contributed by atoms with Crippen LogP contribution in [0.15, 0.2) is 18.2 Å². The first kappa shape index (κ1) is 14.8. The fraction of sp³-hybridized carbons (Fsp3) is 0.467. The SMILES string of the molecule is C[C@@H](N)C(=O)N1CCC(c2nc3cc(Cl)ccc3s2)CC1. The summed E-state index contributed by atoms with van der Waals surface area (Å²) in [4.78, 5) is 18.5. The van der Waals surface area contributed by atoms with Crippen molar-refractivity contribution >= 4 is 39.1 Å². The molecule has 0 radical (unpaired) electrons. The van der Waals surface area contributed by atoms with Crippen LogP contribution in [0, 0.1) is 0 Å². The van der Waals surface area contributed by atoms with Crippen LogP contribution >= 0.6 is 22.9 Å². The first-order chi connectivity index (χ1) is 10.0. The number of hydrogen-bond donors (Lipinski definition) is 1. The molecule has 0 saturated carbocycles. The molecule has 1 aliphatic heterocycles. The van der Waals surface area contributed by atoms with E-state index in [4.69, 9.17) is 22.3 Å². The van der Waals surface area contributed by atoms with Gasteiger partial charge in [0.1, 0.15) is 0 Å². The second-order valence-corrected chi connectivity index (χ2v) is 7.05. The fourth-order valence-electron chi connectivity index (χ4n) is 2.73. The van der Waals surface area contributed by atoms with Crippen molar-refractivity contribution in [2.45, 2.75) is 31.7 Å². The first-order valence-electron chi connectivity index (χ1n) is 7.15. The molecule has 0 unspecified atom stereocenters. The summed E-state index contributed by atoms with van der Waals surface area (Å²) < 4.78 is 1.17. The molecule has 112 valence electrons. The van der Waals surface area contributed by atoms with E-state index in [1.807, 2.05) is 23.1 Å². The normalized spacial score (nSPS) is 18.1. The minimum atomic E-state index is -0.411. The second kappa shape index (κ2) is 5.91. The molecular weight excluding hydrogens is 306 g/mol. The van der Waals surface area contributed by atoms with Gasteiger partial charge in [0, 0.05) is 24.0 Å². The summed E-state index contributed by atoms with van der Waals surface area (Å²) in [5.74, 6) is 0.475. The summed E-state index contributed by atoms with van der Waals surface area (Å²) in [6.45, 7) is 3.27. The molecule has 6 heteroatoms. The van der Waals surface area contributed by atoms with Crippen molar-refractivity contribution in [3.05, 3.63) is 28.2 Å². The van der Waals surface area contributed by atoms with Crippen LogP contribution in [-0.2, 0) is 4.79 Å². The number of amides is 1. The number of nitrogens with zero attached hydrogens (tertiary/aromatic N) is 2. The van der Waals surface area contributed by atoms with Crippen molar-refractivity contribution in [1.29, 1.82) is 0 Å². The van der Waals surface area contributed by atoms with Gasteiger partial charge in [0.05, 0.1) is 21.3 Å². The van der Waals surface area contributed by atoms with Crippen molar-refractivity contribution in [3.8, 4) is 0 Å². The third-order valence-electron chi connectivity index (χ3n) is 3.91. The van der Waals surface area contributed by atoms with Gasteiger partial charge in [-0.25, -0.2) is 4.98 Å². The topological polar surface area (TPSA) is 59.2 Å². The lowest BCUT2D eigenvalue weighted by Crippen LogP contribution is -2.45. The zero-order valence-corrected chi connectivity index (χ0v) is 13.5. The second-order valence-electron chi connectivity index (χ2n) is 5.55. The van der Waals surface area contributed by atoms with E-state index >= 15 is 0 Å². The number of carbonyl (C=O) groups is 1. The summed E-state index contributed by atoms with van der Waals surface area (Å²) >= 11 is 7.74. The van der Waals surface area contributed by atoms with Crippen LogP contribution in [-0.4, -0.2) is 34.9 Å². The molecule has 21 heavy (non-hydrogen) atoms. The number of likely N-dealkylation sites (tertiary alicyclic amines) is 1. The molecule has 1 aromatic heterocycles. The predicted molar refractivity (Wildman–Crippen MR) is 86.8 cm³/mol. The molecule has 2 aromatic rings. The number of piperidine rings is 1. The van der Waals surface area contributed by atoms with E-state index in [-0.39, 0.29) is 5.91 Å². The van der Waals surface area contributed by atoms with Crippen molar-refractivity contribution in [3.63, 3.8) is 0 Å². The van der Waals surface area contributed by atoms with E-state index in [1.165, 1.54) is 4.70 Å². The molecule has 1 fully saturated rings. The quantitative estimate of drug-likeness (QED) is 0.924. The molecular formula is C15H18ClN3OS. The maximum atomic E-state index is 11.9. The van der Waals surface area contributed by atoms with Crippen molar-refractivity contribution < 1.29 is 4.79 Å². The van der Waals surface area contributed by atoms with Crippen molar-refractivity contribution in [2.24, 2.45) is 5.73 Å². The number of aromatic nitrogens is 1. The minimum absolute atomic E-state index is 0.0459. The summed E-state index contributed by atoms with van der Waals surface area (Å²) in [5.41, 5.74) is 6.63. The van der Waals surface area contributed by atoms with Crippen LogP contribution in [0.3, 0.4) is 0 Å². The molecule has 0 spiro atoms. The number of hydrogen-bond acceptors (Lipinski definition) is 4. The lowest BCUT2D eigenvalue weighted by Gasteiger charge is -2.32. The zero-order valence-electron chi connectivity index (χ0n) is 11.9. The van der Waals surface area contributed by atoms with Crippen LogP contribution in [0.1, 0.15) is 30.7 Å². The number of halogens is 1. The van der Waals surface area contributed by atoms with Gasteiger partial charge >= 0.3 is 0 Å². The third-order valence-corrected chi connectivity index (χ3v) is 5.35. The average molecular weight is 324 g/mol. The van der Waals surface area contributed by atoms with E-state index in [2.05, 4.69) is 0 Å². The number of rotatable bonds is 2. The highest BCUT2D eigenvalue weighted by Crippen LogP contribution is 2.34. The lowest BCUT2D eigenvalue weighted by atomic mass is 9.97. The molecule has 1 saturated heterocycles. The Morgan fingerprint density at radius 1 is 1.48 bits per heavy atom. The number of carbonyl (C=O) groups excluding carboxylic acids is 1. The Labute approximate surface area is 132 Å². The number of fused-ring (bicyclic) bond motifs is 1. The summed E-state index contributed by atoms with van der Waals surface area (Å²) in [6, 6.07) is 5.42. The first-order valence-corrected chi connectivity index (χ1v) is 8.34. The Bertz CT molecular complexity index is 662. The molecule has 1 amide bonds. The highest BCUT2D eigenvalue weighted by Gasteiger charge is 2.27. The predicted octanol–water partition coefficient (Wildman–Crippen LogP) is 3.00. The van der Waals surface area contributed by atoms with Gasteiger partial charge in [-0.05, 0) is 38.0 Å². The Morgan fingerprint density at radius 3 is 2.86 bits per heavy atom. The van der Waals surface area contributed by atoms with Gasteiger partial charge in [-0.15, -0.1) is 11.3 Å². The Morgan fingerprint density at radius 2 is 2.19 bits per heavy atom. The molecule has 1 atom stereocenters. The number of nitrogens with two attached hydrogens (primary N) is 1. The maximum Gasteiger partial charge on any atom is 0.239 e. The van der Waals surface area contributed by atoms with Gasteiger partial charge in [-0.1, -0.05) is 11.6 Å². The van der Waals surface area contributed by atoms with Gasteiger partial charge in [0.15, 0.2) is 0 Å². The molecule has 1 aliphatic rings. The Kier molecular flexibility index (Phi) is 4.15. The van der Waals surface area contributed by atoms with E-state index < -0.39 is 6.04 Å². The summed E-state index contributed by atoms with van der Waals surface area (Å²) in [5, 5.41) is 1.87. The van der Waals surface area contributed by atoms with Gasteiger partial charge < -0.3 is 10.6 Å². The van der Waals surface area contributed by atoms with E-state index in [1.54, 1.807) is 18.3 Å². The van der Waals surface area contributed by atoms with E-state index in [0.29, 0.717) is 5.92 Å². The van der Waals surface area contributed by atoms with Crippen molar-refractivity contribution in [1.82, 2.24) is 9.88 Å². The molecule has 3 rings (SSSR count). The highest BCUT2D eigenvalue weighted by molar-refractivity contribution is 7.18. The fourth-order valence-corrected chi connectivity index (χ4v) is 4.01. The number of thiazole rings is 1. The molecule has 2 N–H and O–H groups in total. The third kappa shape index (κ3) is 3.05. The van der Waals surface area contributed by atoms with Crippen LogP contribution in [0.4, 0.5) is 0 Å². The van der Waals surface area contributed by atoms with E-state index in [9.17, 15) is 4.79 Å².